The first-order valence-electron chi connectivity index (χ1n) is 13.0. The summed E-state index contributed by atoms with van der Waals surface area (Å²) in [5.74, 6) is -2.14. The Labute approximate surface area is 243 Å². The lowest BCUT2D eigenvalue weighted by Crippen LogP contribution is -2.55. The maximum atomic E-state index is 14.0. The third kappa shape index (κ3) is 7.77. The van der Waals surface area contributed by atoms with Gasteiger partial charge in [-0.3, -0.25) is 9.59 Å². The molecule has 0 unspecified atom stereocenters. The molecule has 2 heterocycles. The van der Waals surface area contributed by atoms with E-state index in [1.54, 1.807) is 26.2 Å². The summed E-state index contributed by atoms with van der Waals surface area (Å²) in [4.78, 5) is 33.5. The minimum atomic E-state index is -5.52. The summed E-state index contributed by atoms with van der Waals surface area (Å²) >= 11 is 6.22. The Morgan fingerprint density at radius 2 is 1.71 bits per heavy atom. The van der Waals surface area contributed by atoms with Crippen molar-refractivity contribution < 1.29 is 45.8 Å². The van der Waals surface area contributed by atoms with E-state index in [1.165, 1.54) is 4.90 Å². The van der Waals surface area contributed by atoms with Crippen LogP contribution in [0.15, 0.2) is 36.4 Å². The summed E-state index contributed by atoms with van der Waals surface area (Å²) in [6, 6.07) is 5.99. The first-order valence-corrected chi connectivity index (χ1v) is 13.4. The summed E-state index contributed by atoms with van der Waals surface area (Å²) in [5.41, 5.74) is -4.87. The number of amides is 2. The molecule has 3 rings (SSSR count). The maximum absolute atomic E-state index is 14.0. The molecule has 1 N–H and O–H groups in total. The molecule has 2 amide bonds. The number of pyridine rings is 1. The zero-order valence-electron chi connectivity index (χ0n) is 23.1. The summed E-state index contributed by atoms with van der Waals surface area (Å²) in [5, 5.41) is 10.7. The number of hydrogen-bond acceptors (Lipinski definition) is 6. The Bertz CT molecular complexity index is 1270. The second-order valence-corrected chi connectivity index (χ2v) is 10.6. The number of anilines is 1. The van der Waals surface area contributed by atoms with Gasteiger partial charge in [0.25, 0.3) is 17.4 Å². The van der Waals surface area contributed by atoms with Gasteiger partial charge in [0.2, 0.25) is 0 Å². The normalized spacial score (nSPS) is 16.1. The molecular formula is C27H31ClF6N4O4. The molecule has 1 aromatic carbocycles. The zero-order chi connectivity index (χ0) is 31.5. The van der Waals surface area contributed by atoms with Crippen LogP contribution in [-0.4, -0.2) is 85.0 Å². The average molecular weight is 625 g/mol. The highest BCUT2D eigenvalue weighted by Gasteiger charge is 2.61. The Morgan fingerprint density at radius 1 is 1.07 bits per heavy atom. The third-order valence-electron chi connectivity index (χ3n) is 7.07. The molecule has 1 aliphatic rings. The molecule has 0 aliphatic carbocycles. The highest BCUT2D eigenvalue weighted by molar-refractivity contribution is 6.32. The van der Waals surface area contributed by atoms with Crippen LogP contribution in [0.1, 0.15) is 41.6 Å². The molecule has 0 bridgehead atoms. The number of benzene rings is 1. The van der Waals surface area contributed by atoms with Crippen molar-refractivity contribution in [3.63, 3.8) is 0 Å². The van der Waals surface area contributed by atoms with E-state index < -0.39 is 35.4 Å². The van der Waals surface area contributed by atoms with Crippen LogP contribution in [0.3, 0.4) is 0 Å². The minimum absolute atomic E-state index is 0.0967. The van der Waals surface area contributed by atoms with Crippen molar-refractivity contribution in [2.24, 2.45) is 5.92 Å². The van der Waals surface area contributed by atoms with Crippen LogP contribution in [0.25, 0.3) is 0 Å². The molecule has 0 spiro atoms. The molecule has 1 aliphatic heterocycles. The lowest BCUT2D eigenvalue weighted by molar-refractivity contribution is -0.274. The van der Waals surface area contributed by atoms with Crippen molar-refractivity contribution in [3.8, 4) is 5.75 Å². The molecular weight excluding hydrogens is 594 g/mol. The molecule has 232 valence electrons. The summed E-state index contributed by atoms with van der Waals surface area (Å²) in [6.07, 6.45) is -8.27. The van der Waals surface area contributed by atoms with Gasteiger partial charge in [0.15, 0.2) is 0 Å². The lowest BCUT2D eigenvalue weighted by Gasteiger charge is -2.34. The summed E-state index contributed by atoms with van der Waals surface area (Å²) in [6.45, 7) is 1.15. The van der Waals surface area contributed by atoms with Crippen molar-refractivity contribution in [1.29, 1.82) is 0 Å². The number of rotatable bonds is 9. The fourth-order valence-corrected chi connectivity index (χ4v) is 5.00. The highest BCUT2D eigenvalue weighted by atomic mass is 35.5. The summed E-state index contributed by atoms with van der Waals surface area (Å²) in [7, 11) is 4.31. The Morgan fingerprint density at radius 3 is 2.26 bits per heavy atom. The zero-order valence-corrected chi connectivity index (χ0v) is 23.9. The fourth-order valence-electron chi connectivity index (χ4n) is 4.77. The van der Waals surface area contributed by atoms with Gasteiger partial charge in [-0.05, 0) is 55.9 Å². The van der Waals surface area contributed by atoms with E-state index in [-0.39, 0.29) is 23.5 Å². The van der Waals surface area contributed by atoms with E-state index in [1.807, 2.05) is 4.90 Å². The van der Waals surface area contributed by atoms with Crippen molar-refractivity contribution in [3.05, 3.63) is 52.7 Å². The van der Waals surface area contributed by atoms with E-state index >= 15 is 0 Å². The van der Waals surface area contributed by atoms with Crippen molar-refractivity contribution in [2.75, 3.05) is 45.7 Å². The minimum Gasteiger partial charge on any atom is -0.406 e. The van der Waals surface area contributed by atoms with Crippen LogP contribution >= 0.6 is 11.6 Å². The van der Waals surface area contributed by atoms with Gasteiger partial charge >= 0.3 is 12.5 Å². The van der Waals surface area contributed by atoms with Crippen LogP contribution in [0.5, 0.6) is 5.75 Å². The van der Waals surface area contributed by atoms with E-state index in [2.05, 4.69) is 9.72 Å². The van der Waals surface area contributed by atoms with E-state index in [0.717, 1.165) is 36.9 Å². The van der Waals surface area contributed by atoms with Crippen LogP contribution in [0.4, 0.5) is 32.2 Å². The second-order valence-electron chi connectivity index (χ2n) is 10.3. The number of aromatic nitrogens is 1. The number of hydrogen-bond donors (Lipinski definition) is 1. The van der Waals surface area contributed by atoms with Crippen molar-refractivity contribution in [1.82, 2.24) is 14.8 Å². The van der Waals surface area contributed by atoms with Crippen LogP contribution in [0, 0.1) is 5.92 Å². The quantitative estimate of drug-likeness (QED) is 0.303. The monoisotopic (exact) mass is 624 g/mol. The number of carbonyl (C=O) groups is 2. The lowest BCUT2D eigenvalue weighted by atomic mass is 9.90. The van der Waals surface area contributed by atoms with Gasteiger partial charge in [0.05, 0.1) is 5.56 Å². The number of halogens is 7. The number of alkyl halides is 6. The number of piperidine rings is 1. The summed E-state index contributed by atoms with van der Waals surface area (Å²) < 4.78 is 83.3. The first-order chi connectivity index (χ1) is 19.4. The number of aliphatic hydroxyl groups is 1. The standard InChI is InChI=1S/C27H31ClF6N4O4/c1-36(2)23(39)20-9-10-21(35-22(20)28)38-14-11-17(12-15-38)6-5-13-37(3)24(40)25(41,26(29,30)31)18-7-4-8-19(16-18)42-27(32,33)34/h4,7-10,16-17,41H,5-6,11-15H2,1-3H3/t25-/m0/s1. The van der Waals surface area contributed by atoms with E-state index in [4.69, 9.17) is 11.6 Å². The molecule has 2 aromatic rings. The van der Waals surface area contributed by atoms with E-state index in [9.17, 15) is 41.0 Å². The number of ether oxygens (including phenoxy) is 1. The van der Waals surface area contributed by atoms with Crippen LogP contribution < -0.4 is 9.64 Å². The predicted molar refractivity (Wildman–Crippen MR) is 142 cm³/mol. The molecule has 1 saturated heterocycles. The second kappa shape index (κ2) is 12.9. The molecule has 1 fully saturated rings. The Kier molecular flexibility index (Phi) is 10.2. The number of carbonyl (C=O) groups excluding carboxylic acids is 2. The largest absolute Gasteiger partial charge is 0.573 e. The third-order valence-corrected chi connectivity index (χ3v) is 7.36. The molecule has 15 heteroatoms. The van der Waals surface area contributed by atoms with Crippen LogP contribution in [-0.2, 0) is 10.4 Å². The average Bonchev–Trinajstić information content (AvgIpc) is 2.90. The predicted octanol–water partition coefficient (Wildman–Crippen LogP) is 5.24. The molecule has 42 heavy (non-hydrogen) atoms. The van der Waals surface area contributed by atoms with Gasteiger partial charge in [0, 0.05) is 46.3 Å². The molecule has 0 radical (unpaired) electrons. The topological polar surface area (TPSA) is 86.2 Å². The van der Waals surface area contributed by atoms with Crippen LogP contribution in [0.2, 0.25) is 5.15 Å². The van der Waals surface area contributed by atoms with Gasteiger partial charge in [-0.25, -0.2) is 4.98 Å². The van der Waals surface area contributed by atoms with Gasteiger partial charge in [-0.1, -0.05) is 23.7 Å². The number of nitrogens with zero attached hydrogens (tertiary/aromatic N) is 4. The molecule has 0 saturated carbocycles. The van der Waals surface area contributed by atoms with Crippen molar-refractivity contribution in [2.45, 2.75) is 43.8 Å². The molecule has 1 atom stereocenters. The van der Waals surface area contributed by atoms with Gasteiger partial charge in [0.1, 0.15) is 16.7 Å². The van der Waals surface area contributed by atoms with Gasteiger partial charge in [-0.2, -0.15) is 13.2 Å². The first kappa shape index (κ1) is 33.2. The highest BCUT2D eigenvalue weighted by Crippen LogP contribution is 2.42. The van der Waals surface area contributed by atoms with E-state index in [0.29, 0.717) is 49.4 Å². The van der Waals surface area contributed by atoms with Gasteiger partial charge < -0.3 is 24.5 Å². The molecule has 8 nitrogen and oxygen atoms in total. The van der Waals surface area contributed by atoms with Gasteiger partial charge in [-0.15, -0.1) is 13.2 Å². The number of likely N-dealkylation sites (N-methyl/N-ethyl adjacent to an activating group) is 1. The smallest absolute Gasteiger partial charge is 0.406 e. The molecule has 1 aromatic heterocycles. The fraction of sp³-hybridized carbons (Fsp3) is 0.519. The SMILES string of the molecule is CN(C)C(=O)c1ccc(N2CCC(CCCN(C)C(=O)[C@@](O)(c3cccc(OC(F)(F)F)c3)C(F)(F)F)CC2)nc1Cl. The maximum Gasteiger partial charge on any atom is 0.573 e. The Balaban J connectivity index is 1.58. The Hall–Kier alpha value is -3.26. The van der Waals surface area contributed by atoms with Crippen molar-refractivity contribution >= 4 is 29.2 Å².